The van der Waals surface area contributed by atoms with Crippen LogP contribution in [0.15, 0.2) is 18.2 Å². The summed E-state index contributed by atoms with van der Waals surface area (Å²) in [5.41, 5.74) is 0. The molecule has 0 aliphatic carbocycles. The van der Waals surface area contributed by atoms with Crippen LogP contribution in [-0.2, 0) is 0 Å². The first-order valence-corrected chi connectivity index (χ1v) is 7.29. The maximum atomic E-state index is 13.1. The minimum Gasteiger partial charge on any atom is -0.493 e. The molecule has 0 amide bonds. The summed E-state index contributed by atoms with van der Waals surface area (Å²) in [7, 11) is 2.17. The van der Waals surface area contributed by atoms with Gasteiger partial charge in [0.1, 0.15) is 11.6 Å². The maximum Gasteiger partial charge on any atom is 0.128 e. The third kappa shape index (κ3) is 5.00. The molecule has 4 heteroatoms. The lowest BCUT2D eigenvalue weighted by molar-refractivity contribution is 0.200. The van der Waals surface area contributed by atoms with Crippen LogP contribution in [0.1, 0.15) is 25.7 Å². The van der Waals surface area contributed by atoms with Crippen molar-refractivity contribution in [3.63, 3.8) is 0 Å². The van der Waals surface area contributed by atoms with Gasteiger partial charge in [-0.15, -0.1) is 0 Å². The van der Waals surface area contributed by atoms with E-state index in [1.165, 1.54) is 44.5 Å². The van der Waals surface area contributed by atoms with Crippen molar-refractivity contribution >= 4 is 11.6 Å². The Morgan fingerprint density at radius 2 is 2.05 bits per heavy atom. The van der Waals surface area contributed by atoms with Gasteiger partial charge < -0.3 is 9.64 Å². The molecule has 19 heavy (non-hydrogen) atoms. The normalized spacial score (nSPS) is 17.6. The van der Waals surface area contributed by atoms with Gasteiger partial charge in [0.25, 0.3) is 0 Å². The monoisotopic (exact) mass is 285 g/mol. The number of rotatable bonds is 5. The molecule has 0 aromatic heterocycles. The number of nitrogens with zero attached hydrogens (tertiary/aromatic N) is 1. The third-order valence-electron chi connectivity index (χ3n) is 3.70. The molecule has 1 saturated heterocycles. The van der Waals surface area contributed by atoms with Crippen molar-refractivity contribution < 1.29 is 9.13 Å². The first-order chi connectivity index (χ1) is 9.13. The topological polar surface area (TPSA) is 12.5 Å². The lowest BCUT2D eigenvalue weighted by Gasteiger charge is -2.28. The van der Waals surface area contributed by atoms with Crippen LogP contribution in [-0.4, -0.2) is 31.6 Å². The zero-order valence-electron chi connectivity index (χ0n) is 11.4. The van der Waals surface area contributed by atoms with Crippen LogP contribution >= 0.6 is 11.6 Å². The molecule has 0 radical (unpaired) electrons. The summed E-state index contributed by atoms with van der Waals surface area (Å²) in [5, 5.41) is 0.380. The van der Waals surface area contributed by atoms with Gasteiger partial charge in [-0.1, -0.05) is 11.6 Å². The first kappa shape index (κ1) is 14.6. The summed E-state index contributed by atoms with van der Waals surface area (Å²) < 4.78 is 18.6. The Bertz CT molecular complexity index is 385. The van der Waals surface area contributed by atoms with Gasteiger partial charge in [0.05, 0.1) is 6.61 Å². The van der Waals surface area contributed by atoms with E-state index in [1.807, 2.05) is 0 Å². The third-order valence-corrected chi connectivity index (χ3v) is 3.92. The van der Waals surface area contributed by atoms with E-state index in [9.17, 15) is 4.39 Å². The number of likely N-dealkylation sites (tertiary alicyclic amines) is 1. The number of benzene rings is 1. The molecule has 0 spiro atoms. The fourth-order valence-electron chi connectivity index (χ4n) is 2.52. The van der Waals surface area contributed by atoms with Crippen molar-refractivity contribution in [1.82, 2.24) is 4.90 Å². The van der Waals surface area contributed by atoms with E-state index in [2.05, 4.69) is 11.9 Å². The molecule has 2 rings (SSSR count). The highest BCUT2D eigenvalue weighted by molar-refractivity contribution is 6.30. The SMILES string of the molecule is CN1CCC(CCCOc2cc(F)cc(Cl)c2)CC1. The highest BCUT2D eigenvalue weighted by Crippen LogP contribution is 2.23. The molecule has 1 aliphatic heterocycles. The number of hydrogen-bond acceptors (Lipinski definition) is 2. The summed E-state index contributed by atoms with van der Waals surface area (Å²) in [6.45, 7) is 3.03. The van der Waals surface area contributed by atoms with E-state index in [-0.39, 0.29) is 5.82 Å². The predicted molar refractivity (Wildman–Crippen MR) is 76.4 cm³/mol. The number of piperidine rings is 1. The Labute approximate surface area is 119 Å². The quantitative estimate of drug-likeness (QED) is 0.759. The minimum atomic E-state index is -0.349. The molecule has 1 aliphatic rings. The van der Waals surface area contributed by atoms with Gasteiger partial charge in [0, 0.05) is 11.1 Å². The van der Waals surface area contributed by atoms with Gasteiger partial charge in [-0.3, -0.25) is 0 Å². The van der Waals surface area contributed by atoms with Gasteiger partial charge in [0.15, 0.2) is 0 Å². The molecule has 1 fully saturated rings. The van der Waals surface area contributed by atoms with Crippen molar-refractivity contribution in [1.29, 1.82) is 0 Å². The van der Waals surface area contributed by atoms with Gasteiger partial charge in [0.2, 0.25) is 0 Å². The molecular formula is C15H21ClFNO. The zero-order valence-corrected chi connectivity index (χ0v) is 12.1. The van der Waals surface area contributed by atoms with E-state index in [1.54, 1.807) is 6.07 Å². The second-order valence-corrected chi connectivity index (χ2v) is 5.78. The van der Waals surface area contributed by atoms with Gasteiger partial charge in [-0.2, -0.15) is 0 Å². The van der Waals surface area contributed by atoms with E-state index in [4.69, 9.17) is 16.3 Å². The van der Waals surface area contributed by atoms with Crippen molar-refractivity contribution in [2.24, 2.45) is 5.92 Å². The molecule has 0 atom stereocenters. The molecule has 0 N–H and O–H groups in total. The number of ether oxygens (including phenoxy) is 1. The van der Waals surface area contributed by atoms with Gasteiger partial charge in [-0.05, 0) is 63.9 Å². The average molecular weight is 286 g/mol. The Morgan fingerprint density at radius 1 is 1.32 bits per heavy atom. The average Bonchev–Trinajstić information content (AvgIpc) is 2.36. The first-order valence-electron chi connectivity index (χ1n) is 6.91. The van der Waals surface area contributed by atoms with Crippen LogP contribution < -0.4 is 4.74 Å². The van der Waals surface area contributed by atoms with Crippen LogP contribution in [0.25, 0.3) is 0 Å². The van der Waals surface area contributed by atoms with Crippen molar-refractivity contribution in [3.05, 3.63) is 29.0 Å². The molecule has 0 unspecified atom stereocenters. The fourth-order valence-corrected chi connectivity index (χ4v) is 2.74. The maximum absolute atomic E-state index is 13.1. The minimum absolute atomic E-state index is 0.349. The summed E-state index contributed by atoms with van der Waals surface area (Å²) >= 11 is 5.77. The standard InChI is InChI=1S/C15H21ClFNO/c1-18-6-4-12(5-7-18)3-2-8-19-15-10-13(16)9-14(17)11-15/h9-12H,2-8H2,1H3. The summed E-state index contributed by atoms with van der Waals surface area (Å²) in [6, 6.07) is 4.31. The van der Waals surface area contributed by atoms with Gasteiger partial charge in [-0.25, -0.2) is 4.39 Å². The highest BCUT2D eigenvalue weighted by atomic mass is 35.5. The second kappa shape index (κ2) is 7.11. The number of halogens is 2. The van der Waals surface area contributed by atoms with E-state index in [0.717, 1.165) is 12.3 Å². The van der Waals surface area contributed by atoms with Crippen LogP contribution in [0, 0.1) is 11.7 Å². The molecule has 1 heterocycles. The van der Waals surface area contributed by atoms with E-state index >= 15 is 0 Å². The summed E-state index contributed by atoms with van der Waals surface area (Å²) in [5.74, 6) is 0.988. The van der Waals surface area contributed by atoms with Crippen molar-refractivity contribution in [2.45, 2.75) is 25.7 Å². The molecular weight excluding hydrogens is 265 g/mol. The lowest BCUT2D eigenvalue weighted by Crippen LogP contribution is -2.30. The zero-order chi connectivity index (χ0) is 13.7. The van der Waals surface area contributed by atoms with Crippen LogP contribution in [0.3, 0.4) is 0 Å². The lowest BCUT2D eigenvalue weighted by atomic mass is 9.93. The molecule has 0 saturated carbocycles. The van der Waals surface area contributed by atoms with E-state index in [0.29, 0.717) is 17.4 Å². The second-order valence-electron chi connectivity index (χ2n) is 5.34. The Morgan fingerprint density at radius 3 is 2.74 bits per heavy atom. The van der Waals surface area contributed by atoms with Crippen molar-refractivity contribution in [2.75, 3.05) is 26.7 Å². The Kier molecular flexibility index (Phi) is 5.46. The summed E-state index contributed by atoms with van der Waals surface area (Å²) in [6.07, 6.45) is 4.77. The Hall–Kier alpha value is -0.800. The molecule has 106 valence electrons. The van der Waals surface area contributed by atoms with Crippen molar-refractivity contribution in [3.8, 4) is 5.75 Å². The molecule has 2 nitrogen and oxygen atoms in total. The predicted octanol–water partition coefficient (Wildman–Crippen LogP) is 3.98. The van der Waals surface area contributed by atoms with Crippen LogP contribution in [0.4, 0.5) is 4.39 Å². The fraction of sp³-hybridized carbons (Fsp3) is 0.600. The highest BCUT2D eigenvalue weighted by Gasteiger charge is 2.15. The van der Waals surface area contributed by atoms with Crippen LogP contribution in [0.5, 0.6) is 5.75 Å². The molecule has 0 bridgehead atoms. The molecule has 1 aromatic rings. The molecule has 1 aromatic carbocycles. The largest absolute Gasteiger partial charge is 0.493 e. The van der Waals surface area contributed by atoms with E-state index < -0.39 is 0 Å². The smallest absolute Gasteiger partial charge is 0.128 e. The number of hydrogen-bond donors (Lipinski definition) is 0. The van der Waals surface area contributed by atoms with Crippen LogP contribution in [0.2, 0.25) is 5.02 Å². The summed E-state index contributed by atoms with van der Waals surface area (Å²) in [4.78, 5) is 2.38. The van der Waals surface area contributed by atoms with Gasteiger partial charge >= 0.3 is 0 Å². The Balaban J connectivity index is 1.66.